The molecule has 6 heterocycles. The molecule has 5 aliphatic rings. The molecule has 5 saturated heterocycles. The monoisotopic (exact) mass is 496 g/mol. The Morgan fingerprint density at radius 3 is 2.37 bits per heavy atom. The van der Waals surface area contributed by atoms with E-state index in [1.54, 1.807) is 7.11 Å². The van der Waals surface area contributed by atoms with E-state index in [9.17, 15) is 0 Å². The van der Waals surface area contributed by atoms with Gasteiger partial charge in [0, 0.05) is 30.6 Å². The minimum Gasteiger partial charge on any atom is -0.497 e. The number of aromatic nitrogens is 1. The molecule has 6 atom stereocenters. The lowest BCUT2D eigenvalue weighted by atomic mass is 9.71. The molecule has 0 aliphatic carbocycles. The summed E-state index contributed by atoms with van der Waals surface area (Å²) in [6.45, 7) is 16.6. The number of rotatable bonds is 7. The summed E-state index contributed by atoms with van der Waals surface area (Å²) >= 11 is 0. The summed E-state index contributed by atoms with van der Waals surface area (Å²) in [6, 6.07) is 8.75. The first-order valence-electron chi connectivity index (χ1n) is 13.7. The van der Waals surface area contributed by atoms with Gasteiger partial charge in [-0.1, -0.05) is 41.5 Å². The molecule has 4 bridgehead atoms. The van der Waals surface area contributed by atoms with Crippen molar-refractivity contribution in [1.82, 2.24) is 9.88 Å². The Balaban J connectivity index is 1.58. The molecule has 5 aliphatic heterocycles. The van der Waals surface area contributed by atoms with E-state index in [-0.39, 0.29) is 12.4 Å². The van der Waals surface area contributed by atoms with Gasteiger partial charge < -0.3 is 13.9 Å². The van der Waals surface area contributed by atoms with Gasteiger partial charge >= 0.3 is 0 Å². The second-order valence-electron chi connectivity index (χ2n) is 12.0. The van der Waals surface area contributed by atoms with Gasteiger partial charge in [-0.05, 0) is 77.7 Å². The van der Waals surface area contributed by atoms with Gasteiger partial charge in [0.2, 0.25) is 8.32 Å². The number of fused-ring (bicyclic) bond motifs is 5. The Kier molecular flexibility index (Phi) is 7.03. The molecule has 5 nitrogen and oxygen atoms in total. The van der Waals surface area contributed by atoms with Crippen molar-refractivity contribution in [1.29, 1.82) is 0 Å². The highest BCUT2D eigenvalue weighted by molar-refractivity contribution is 6.77. The molecule has 35 heavy (non-hydrogen) atoms. The Morgan fingerprint density at radius 1 is 1.00 bits per heavy atom. The van der Waals surface area contributed by atoms with Crippen LogP contribution in [0.5, 0.6) is 5.75 Å². The van der Waals surface area contributed by atoms with Crippen LogP contribution >= 0.6 is 0 Å². The van der Waals surface area contributed by atoms with Crippen molar-refractivity contribution in [3.8, 4) is 5.75 Å². The summed E-state index contributed by atoms with van der Waals surface area (Å²) in [6.07, 6.45) is 5.31. The highest BCUT2D eigenvalue weighted by Gasteiger charge is 2.52. The van der Waals surface area contributed by atoms with E-state index < -0.39 is 8.32 Å². The largest absolute Gasteiger partial charge is 0.497 e. The van der Waals surface area contributed by atoms with Crippen molar-refractivity contribution < 1.29 is 13.9 Å². The first-order valence-corrected chi connectivity index (χ1v) is 15.9. The minimum atomic E-state index is -2.07. The Hall–Kier alpha value is -1.47. The van der Waals surface area contributed by atoms with E-state index in [1.165, 1.54) is 31.5 Å². The van der Waals surface area contributed by atoms with Crippen LogP contribution in [0, 0.1) is 11.8 Å². The zero-order valence-electron chi connectivity index (χ0n) is 22.7. The number of hydrogen-bond donors (Lipinski definition) is 0. The van der Waals surface area contributed by atoms with Gasteiger partial charge in [-0.2, -0.15) is 0 Å². The molecule has 5 fully saturated rings. The van der Waals surface area contributed by atoms with Crippen LogP contribution in [0.2, 0.25) is 16.6 Å². The molecule has 7 rings (SSSR count). The molecule has 0 amide bonds. The number of methoxy groups -OCH3 is 1. The number of ether oxygens (including phenoxy) is 2. The Bertz CT molecular complexity index is 1020. The molecule has 6 heteroatoms. The third-order valence-electron chi connectivity index (χ3n) is 9.41. The lowest BCUT2D eigenvalue weighted by Crippen LogP contribution is -2.60. The van der Waals surface area contributed by atoms with Crippen molar-refractivity contribution in [3.63, 3.8) is 0 Å². The lowest BCUT2D eigenvalue weighted by Gasteiger charge is -2.56. The predicted octanol–water partition coefficient (Wildman–Crippen LogP) is 6.93. The van der Waals surface area contributed by atoms with Crippen molar-refractivity contribution >= 4 is 19.2 Å². The molecule has 1 unspecified atom stereocenters. The summed E-state index contributed by atoms with van der Waals surface area (Å²) in [4.78, 5) is 7.37. The van der Waals surface area contributed by atoms with Gasteiger partial charge in [0.1, 0.15) is 18.1 Å². The standard InChI is InChI=1S/C29H44N2O3Si/c1-18(2)35(19(3)4,20(5)6)34-28-15-22-17-31-13-11-21(22)14-27(31)29(33-28)24-10-12-30-26-9-8-23(32-7)16-25(24)26/h8-10,12,16,18-22,27-29H,11,13-15,17H2,1-7H3/t21-,22-,27+,28+,29-/m0/s1. The van der Waals surface area contributed by atoms with Crippen LogP contribution in [0.4, 0.5) is 0 Å². The first kappa shape index (κ1) is 25.2. The van der Waals surface area contributed by atoms with Crippen molar-refractivity contribution in [3.05, 3.63) is 36.0 Å². The third-order valence-corrected chi connectivity index (χ3v) is 15.5. The van der Waals surface area contributed by atoms with Gasteiger partial charge in [0.15, 0.2) is 0 Å². The van der Waals surface area contributed by atoms with Gasteiger partial charge in [-0.3, -0.25) is 9.88 Å². The van der Waals surface area contributed by atoms with Gasteiger partial charge in [-0.25, -0.2) is 0 Å². The van der Waals surface area contributed by atoms with E-state index in [1.807, 2.05) is 12.3 Å². The maximum atomic E-state index is 7.33. The minimum absolute atomic E-state index is 0.0279. The van der Waals surface area contributed by atoms with E-state index in [4.69, 9.17) is 13.9 Å². The molecule has 0 spiro atoms. The summed E-state index contributed by atoms with van der Waals surface area (Å²) in [7, 11) is -0.343. The molecule has 0 radical (unpaired) electrons. The summed E-state index contributed by atoms with van der Waals surface area (Å²) < 4.78 is 20.1. The van der Waals surface area contributed by atoms with Gasteiger partial charge in [0.05, 0.1) is 12.6 Å². The Morgan fingerprint density at radius 2 is 1.74 bits per heavy atom. The highest BCUT2D eigenvalue weighted by Crippen LogP contribution is 2.50. The summed E-state index contributed by atoms with van der Waals surface area (Å²) in [5, 5.41) is 1.13. The van der Waals surface area contributed by atoms with E-state index in [0.29, 0.717) is 28.6 Å². The maximum absolute atomic E-state index is 7.33. The van der Waals surface area contributed by atoms with Crippen LogP contribution in [0.1, 0.15) is 72.5 Å². The summed E-state index contributed by atoms with van der Waals surface area (Å²) in [5.74, 6) is 2.32. The van der Waals surface area contributed by atoms with E-state index in [0.717, 1.165) is 29.0 Å². The molecule has 1 aromatic heterocycles. The number of hydrogen-bond acceptors (Lipinski definition) is 5. The fourth-order valence-corrected chi connectivity index (χ4v) is 13.3. The fourth-order valence-electron chi connectivity index (χ4n) is 7.83. The van der Waals surface area contributed by atoms with Crippen LogP contribution in [-0.4, -0.2) is 50.7 Å². The first-order chi connectivity index (χ1) is 16.7. The van der Waals surface area contributed by atoms with Crippen molar-refractivity contribution in [2.45, 2.75) is 95.9 Å². The van der Waals surface area contributed by atoms with Crippen LogP contribution < -0.4 is 4.74 Å². The van der Waals surface area contributed by atoms with Crippen LogP contribution in [-0.2, 0) is 9.16 Å². The normalized spacial score (nSPS) is 30.9. The van der Waals surface area contributed by atoms with Gasteiger partial charge in [-0.15, -0.1) is 0 Å². The molecule has 0 N–H and O–H groups in total. The lowest BCUT2D eigenvalue weighted by molar-refractivity contribution is -0.206. The number of piperidine rings is 3. The smallest absolute Gasteiger partial charge is 0.203 e. The van der Waals surface area contributed by atoms with Crippen LogP contribution in [0.15, 0.2) is 30.5 Å². The fraction of sp³-hybridized carbons (Fsp3) is 0.690. The predicted molar refractivity (Wildman–Crippen MR) is 144 cm³/mol. The SMILES string of the molecule is COc1ccc2nccc([C@@H]3O[C@H](O[Si](C(C)C)(C(C)C)C(C)C)C[C@H]4CN5CC[C@H]4C[C@H]35)c2c1. The average Bonchev–Trinajstić information content (AvgIpc) is 2.83. The number of nitrogens with zero attached hydrogens (tertiary/aromatic N) is 2. The quantitative estimate of drug-likeness (QED) is 0.389. The van der Waals surface area contributed by atoms with Crippen LogP contribution in [0.3, 0.4) is 0 Å². The Labute approximate surface area is 212 Å². The molecule has 1 aromatic carbocycles. The molecular weight excluding hydrogens is 452 g/mol. The third kappa shape index (κ3) is 4.34. The van der Waals surface area contributed by atoms with Gasteiger partial charge in [0.25, 0.3) is 0 Å². The number of benzene rings is 1. The van der Waals surface area contributed by atoms with Crippen molar-refractivity contribution in [2.24, 2.45) is 11.8 Å². The highest BCUT2D eigenvalue weighted by atomic mass is 28.4. The second-order valence-corrected chi connectivity index (χ2v) is 17.5. The summed E-state index contributed by atoms with van der Waals surface area (Å²) in [5.41, 5.74) is 3.84. The van der Waals surface area contributed by atoms with E-state index in [2.05, 4.69) is 69.6 Å². The van der Waals surface area contributed by atoms with Crippen LogP contribution in [0.25, 0.3) is 10.9 Å². The molecule has 192 valence electrons. The molecular formula is C29H44N2O3Si. The maximum Gasteiger partial charge on any atom is 0.203 e. The van der Waals surface area contributed by atoms with E-state index >= 15 is 0 Å². The zero-order valence-corrected chi connectivity index (χ0v) is 23.7. The average molecular weight is 497 g/mol. The molecule has 0 saturated carbocycles. The zero-order chi connectivity index (χ0) is 24.9. The number of pyridine rings is 1. The molecule has 2 aromatic rings. The second kappa shape index (κ2) is 9.77. The topological polar surface area (TPSA) is 43.8 Å². The van der Waals surface area contributed by atoms with Crippen molar-refractivity contribution in [2.75, 3.05) is 20.2 Å².